The predicted molar refractivity (Wildman–Crippen MR) is 137 cm³/mol. The van der Waals surface area contributed by atoms with Crippen molar-refractivity contribution in [1.82, 2.24) is 10.2 Å². The number of rotatable bonds is 7. The molecule has 2 aliphatic heterocycles. The summed E-state index contributed by atoms with van der Waals surface area (Å²) in [5, 5.41) is 2.96. The summed E-state index contributed by atoms with van der Waals surface area (Å²) < 4.78 is 12.9. The van der Waals surface area contributed by atoms with Gasteiger partial charge in [-0.2, -0.15) is 0 Å². The van der Waals surface area contributed by atoms with Crippen LogP contribution in [0.25, 0.3) is 0 Å². The van der Waals surface area contributed by atoms with E-state index in [9.17, 15) is 14.4 Å². The summed E-state index contributed by atoms with van der Waals surface area (Å²) in [5.74, 6) is -1.62. The Labute approximate surface area is 211 Å². The fourth-order valence-electron chi connectivity index (χ4n) is 5.44. The van der Waals surface area contributed by atoms with Crippen LogP contribution in [0.2, 0.25) is 13.1 Å². The van der Waals surface area contributed by atoms with Crippen LogP contribution >= 0.6 is 0 Å². The van der Waals surface area contributed by atoms with Gasteiger partial charge in [0.2, 0.25) is 20.9 Å². The lowest BCUT2D eigenvalue weighted by molar-refractivity contribution is -0.172. The number of hydrogen-bond donors (Lipinski definition) is 1. The average molecular weight is 502 g/mol. The normalized spacial score (nSPS) is 27.0. The van der Waals surface area contributed by atoms with E-state index in [-0.39, 0.29) is 29.1 Å². The number of benzene rings is 1. The highest BCUT2D eigenvalue weighted by molar-refractivity contribution is 6.48. The van der Waals surface area contributed by atoms with Crippen LogP contribution in [0.4, 0.5) is 0 Å². The molecule has 8 heteroatoms. The number of para-hydroxylation sites is 1. The van der Waals surface area contributed by atoms with Crippen LogP contribution in [-0.4, -0.2) is 49.0 Å². The molecule has 1 aromatic rings. The lowest BCUT2D eigenvalue weighted by Crippen LogP contribution is -2.74. The summed E-state index contributed by atoms with van der Waals surface area (Å²) in [6, 6.07) is 6.60. The number of β-lactam (4-membered cyclic amide) rings is 1. The largest absolute Gasteiger partial charge is 0.466 e. The van der Waals surface area contributed by atoms with Crippen molar-refractivity contribution >= 4 is 26.8 Å². The third-order valence-corrected chi connectivity index (χ3v) is 8.82. The maximum absolute atomic E-state index is 14.1. The highest BCUT2D eigenvalue weighted by atomic mass is 28.3. The fourth-order valence-corrected chi connectivity index (χ4v) is 6.72. The molecule has 2 aliphatic rings. The van der Waals surface area contributed by atoms with E-state index in [0.717, 1.165) is 0 Å². The molecule has 1 N–H and O–H groups in total. The summed E-state index contributed by atoms with van der Waals surface area (Å²) in [6.45, 7) is 19.9. The summed E-state index contributed by atoms with van der Waals surface area (Å²) in [7, 11) is -1.13. The Kier molecular flexibility index (Phi) is 7.32. The first-order valence-electron chi connectivity index (χ1n) is 12.6. The Morgan fingerprint density at radius 1 is 1.17 bits per heavy atom. The van der Waals surface area contributed by atoms with Gasteiger partial charge in [-0.15, -0.1) is 0 Å². The van der Waals surface area contributed by atoms with Crippen molar-refractivity contribution in [3.05, 3.63) is 29.8 Å². The Hall–Kier alpha value is -2.19. The van der Waals surface area contributed by atoms with Gasteiger partial charge in [0.25, 0.3) is 5.91 Å². The molecule has 1 saturated heterocycles. The van der Waals surface area contributed by atoms with Crippen LogP contribution < -0.4 is 10.1 Å². The number of hydrogen-bond acceptors (Lipinski definition) is 5. The fraction of sp³-hybridized carbons (Fsp3) is 0.667. The number of carbonyl (C=O) groups is 3. The van der Waals surface area contributed by atoms with Gasteiger partial charge in [0.05, 0.1) is 29.0 Å². The van der Waals surface area contributed by atoms with Gasteiger partial charge < -0.3 is 14.5 Å². The van der Waals surface area contributed by atoms with Crippen molar-refractivity contribution in [3.63, 3.8) is 0 Å². The van der Waals surface area contributed by atoms with E-state index in [0.29, 0.717) is 17.7 Å². The first-order valence-corrected chi connectivity index (χ1v) is 15.0. The summed E-state index contributed by atoms with van der Waals surface area (Å²) in [5.41, 5.74) is -1.83. The molecule has 0 spiro atoms. The molecular weight excluding hydrogens is 460 g/mol. The van der Waals surface area contributed by atoms with Crippen molar-refractivity contribution in [2.45, 2.75) is 92.3 Å². The van der Waals surface area contributed by atoms with E-state index in [1.54, 1.807) is 25.1 Å². The van der Waals surface area contributed by atoms with Gasteiger partial charge >= 0.3 is 0 Å². The Morgan fingerprint density at radius 2 is 1.77 bits per heavy atom. The van der Waals surface area contributed by atoms with Gasteiger partial charge in [-0.1, -0.05) is 60.6 Å². The lowest BCUT2D eigenvalue weighted by atomic mass is 9.62. The molecule has 0 aromatic heterocycles. The second-order valence-corrected chi connectivity index (χ2v) is 13.6. The average Bonchev–Trinajstić information content (AvgIpc) is 2.74. The maximum atomic E-state index is 14.1. The minimum Gasteiger partial charge on any atom is -0.466 e. The molecule has 1 aromatic carbocycles. The molecule has 3 amide bonds. The highest BCUT2D eigenvalue weighted by Gasteiger charge is 2.61. The van der Waals surface area contributed by atoms with Crippen molar-refractivity contribution < 1.29 is 23.5 Å². The number of ether oxygens (including phenoxy) is 1. The molecule has 3 rings (SSSR count). The molecule has 5 atom stereocenters. The highest BCUT2D eigenvalue weighted by Crippen LogP contribution is 2.47. The quantitative estimate of drug-likeness (QED) is 0.435. The topological polar surface area (TPSA) is 84.9 Å². The Morgan fingerprint density at radius 3 is 2.26 bits per heavy atom. The van der Waals surface area contributed by atoms with Crippen molar-refractivity contribution in [1.29, 1.82) is 0 Å². The maximum Gasteiger partial charge on any atom is 0.267 e. The van der Waals surface area contributed by atoms with E-state index in [1.165, 1.54) is 4.90 Å². The molecule has 193 valence electrons. The van der Waals surface area contributed by atoms with Gasteiger partial charge in [-0.05, 0) is 37.6 Å². The number of nitrogens with one attached hydrogen (secondary N) is 1. The zero-order valence-electron chi connectivity index (χ0n) is 22.8. The first kappa shape index (κ1) is 27.4. The van der Waals surface area contributed by atoms with Crippen molar-refractivity contribution in [3.8, 4) is 5.75 Å². The van der Waals surface area contributed by atoms with E-state index in [4.69, 9.17) is 9.16 Å². The van der Waals surface area contributed by atoms with Crippen LogP contribution in [-0.2, 0) is 14.0 Å². The third-order valence-electron chi connectivity index (χ3n) is 7.99. The Bertz CT molecular complexity index is 1000. The molecule has 0 bridgehead atoms. The van der Waals surface area contributed by atoms with Crippen molar-refractivity contribution in [2.75, 3.05) is 0 Å². The van der Waals surface area contributed by atoms with Crippen LogP contribution in [0.5, 0.6) is 5.75 Å². The predicted octanol–water partition coefficient (Wildman–Crippen LogP) is 4.63. The zero-order valence-corrected chi connectivity index (χ0v) is 23.8. The van der Waals surface area contributed by atoms with Gasteiger partial charge in [0.15, 0.2) is 5.72 Å². The van der Waals surface area contributed by atoms with Crippen LogP contribution in [0.1, 0.15) is 72.2 Å². The zero-order chi connectivity index (χ0) is 26.5. The third kappa shape index (κ3) is 4.33. The summed E-state index contributed by atoms with van der Waals surface area (Å²) in [4.78, 5) is 42.1. The molecular formula is C27H41N2O5Si. The molecule has 7 nitrogen and oxygen atoms in total. The van der Waals surface area contributed by atoms with Gasteiger partial charge in [0.1, 0.15) is 5.75 Å². The molecule has 0 saturated carbocycles. The molecule has 35 heavy (non-hydrogen) atoms. The molecule has 0 aliphatic carbocycles. The number of nitrogens with zero attached hydrogens (tertiary/aromatic N) is 1. The second-order valence-electron chi connectivity index (χ2n) is 11.6. The molecule has 1 fully saturated rings. The SMILES string of the molecule is CCC1(C(C)C)Oc2ccccc2C(=O)N1C(=O)[C@H](C)[C@H]1NC(=O)[C@@H]1[C@@](C)(O[Si](C)C)C(C)(C)C. The van der Waals surface area contributed by atoms with Crippen LogP contribution in [0, 0.1) is 23.2 Å². The van der Waals surface area contributed by atoms with Crippen LogP contribution in [0.15, 0.2) is 24.3 Å². The lowest BCUT2D eigenvalue weighted by Gasteiger charge is -2.56. The smallest absolute Gasteiger partial charge is 0.267 e. The van der Waals surface area contributed by atoms with Gasteiger partial charge in [-0.3, -0.25) is 14.4 Å². The Balaban J connectivity index is 2.02. The van der Waals surface area contributed by atoms with Gasteiger partial charge in [0, 0.05) is 12.3 Å². The number of carbonyl (C=O) groups excluding carboxylic acids is 3. The summed E-state index contributed by atoms with van der Waals surface area (Å²) >= 11 is 0. The van der Waals surface area contributed by atoms with E-state index < -0.39 is 38.2 Å². The summed E-state index contributed by atoms with van der Waals surface area (Å²) in [6.07, 6.45) is 0.448. The number of amides is 3. The van der Waals surface area contributed by atoms with Gasteiger partial charge in [-0.25, -0.2) is 4.90 Å². The standard InChI is InChI=1S/C27H41N2O5Si/c1-11-27(16(2)3)29(24(32)18-14-12-13-15-19(18)33-27)23(31)17(4)21-20(22(30)28-21)26(8,25(5,6)7)34-35(9)10/h12-17,20-21H,11H2,1-10H3,(H,28,30)/t17-,20-,21-,26-,27?/m1/s1. The number of fused-ring (bicyclic) bond motifs is 1. The molecule has 1 unspecified atom stereocenters. The van der Waals surface area contributed by atoms with E-state index in [2.05, 4.69) is 26.1 Å². The molecule has 1 radical (unpaired) electrons. The molecule has 2 heterocycles. The van der Waals surface area contributed by atoms with E-state index >= 15 is 0 Å². The monoisotopic (exact) mass is 501 g/mol. The number of imide groups is 1. The van der Waals surface area contributed by atoms with Crippen LogP contribution in [0.3, 0.4) is 0 Å². The first-order chi connectivity index (χ1) is 16.1. The second kappa shape index (κ2) is 9.35. The van der Waals surface area contributed by atoms with E-state index in [1.807, 2.05) is 46.9 Å². The minimum absolute atomic E-state index is 0.118. The van der Waals surface area contributed by atoms with Crippen molar-refractivity contribution in [2.24, 2.45) is 23.2 Å². The minimum atomic E-state index is -1.13.